The first-order valence-electron chi connectivity index (χ1n) is 8.34. The Balaban J connectivity index is 2.25. The van der Waals surface area contributed by atoms with Crippen molar-refractivity contribution in [1.29, 1.82) is 0 Å². The Labute approximate surface area is 150 Å². The zero-order valence-corrected chi connectivity index (χ0v) is 14.8. The van der Waals surface area contributed by atoms with Crippen LogP contribution in [0.2, 0.25) is 0 Å². The molecule has 0 aliphatic carbocycles. The van der Waals surface area contributed by atoms with Crippen LogP contribution in [0, 0.1) is 25.5 Å². The molecule has 0 saturated heterocycles. The summed E-state index contributed by atoms with van der Waals surface area (Å²) in [6.07, 6.45) is 3.23. The van der Waals surface area contributed by atoms with Gasteiger partial charge in [0.2, 0.25) is 0 Å². The molecular weight excluding hydrogens is 336 g/mol. The summed E-state index contributed by atoms with van der Waals surface area (Å²) in [7, 11) is 0. The number of nitrogens with one attached hydrogen (secondary N) is 1. The van der Waals surface area contributed by atoms with Gasteiger partial charge in [0.1, 0.15) is 11.6 Å². The molecule has 0 unspecified atom stereocenters. The molecule has 26 heavy (non-hydrogen) atoms. The molecule has 3 aromatic rings. The number of rotatable bonds is 4. The van der Waals surface area contributed by atoms with E-state index >= 15 is 4.39 Å². The monoisotopic (exact) mass is 355 g/mol. The first-order chi connectivity index (χ1) is 12.3. The van der Waals surface area contributed by atoms with E-state index < -0.39 is 17.6 Å². The number of benzene rings is 2. The van der Waals surface area contributed by atoms with Crippen molar-refractivity contribution in [3.63, 3.8) is 0 Å². The summed E-state index contributed by atoms with van der Waals surface area (Å²) in [5, 5.41) is 10.1. The molecule has 0 saturated carbocycles. The fourth-order valence-corrected chi connectivity index (χ4v) is 3.16. The van der Waals surface area contributed by atoms with Crippen LogP contribution in [-0.2, 0) is 4.79 Å². The summed E-state index contributed by atoms with van der Waals surface area (Å²) in [5.74, 6) is -2.27. The molecule has 3 nitrogen and oxygen atoms in total. The molecule has 0 aliphatic heterocycles. The van der Waals surface area contributed by atoms with Crippen molar-refractivity contribution < 1.29 is 18.7 Å². The molecule has 3 rings (SSSR count). The standard InChI is InChI=1S/C21H19F2NO2/c1-4-13(21(25)26)10-16-11(2)20(23)18(12(3)19(16)22)15-5-6-17-14(9-15)7-8-24-17/h5-10,24H,4H2,1-3H3,(H,25,26)/b13-10+. The maximum Gasteiger partial charge on any atom is 0.331 e. The number of H-pyrrole nitrogens is 1. The summed E-state index contributed by atoms with van der Waals surface area (Å²) in [4.78, 5) is 14.3. The van der Waals surface area contributed by atoms with Crippen LogP contribution in [0.1, 0.15) is 30.0 Å². The zero-order chi connectivity index (χ0) is 19.0. The fraction of sp³-hybridized carbons (Fsp3) is 0.190. The summed E-state index contributed by atoms with van der Waals surface area (Å²) in [5.41, 5.74) is 1.99. The number of carboxylic acids is 1. The summed E-state index contributed by atoms with van der Waals surface area (Å²) in [6, 6.07) is 7.24. The highest BCUT2D eigenvalue weighted by atomic mass is 19.1. The second-order valence-corrected chi connectivity index (χ2v) is 6.27. The van der Waals surface area contributed by atoms with Crippen LogP contribution in [0.15, 0.2) is 36.0 Å². The largest absolute Gasteiger partial charge is 0.478 e. The second-order valence-electron chi connectivity index (χ2n) is 6.27. The van der Waals surface area contributed by atoms with Crippen molar-refractivity contribution in [2.75, 3.05) is 0 Å². The van der Waals surface area contributed by atoms with Gasteiger partial charge in [-0.2, -0.15) is 0 Å². The normalized spacial score (nSPS) is 12.0. The lowest BCUT2D eigenvalue weighted by molar-refractivity contribution is -0.132. The van der Waals surface area contributed by atoms with E-state index in [0.717, 1.165) is 10.9 Å². The van der Waals surface area contributed by atoms with E-state index in [1.165, 1.54) is 19.9 Å². The third kappa shape index (κ3) is 2.90. The molecule has 1 heterocycles. The van der Waals surface area contributed by atoms with Gasteiger partial charge >= 0.3 is 5.97 Å². The Hall–Kier alpha value is -2.95. The molecule has 0 aliphatic rings. The predicted octanol–water partition coefficient (Wildman–Crippen LogP) is 5.61. The molecule has 0 atom stereocenters. The molecule has 5 heteroatoms. The van der Waals surface area contributed by atoms with Crippen molar-refractivity contribution in [3.8, 4) is 11.1 Å². The number of aromatic amines is 1. The zero-order valence-electron chi connectivity index (χ0n) is 14.8. The molecule has 0 radical (unpaired) electrons. The summed E-state index contributed by atoms with van der Waals surface area (Å²) >= 11 is 0. The summed E-state index contributed by atoms with van der Waals surface area (Å²) < 4.78 is 30.1. The molecule has 0 bridgehead atoms. The number of carbonyl (C=O) groups is 1. The van der Waals surface area contributed by atoms with Gasteiger partial charge in [-0.05, 0) is 66.6 Å². The van der Waals surface area contributed by atoms with Gasteiger partial charge in [-0.3, -0.25) is 0 Å². The predicted molar refractivity (Wildman–Crippen MR) is 99.0 cm³/mol. The van der Waals surface area contributed by atoms with Crippen molar-refractivity contribution in [1.82, 2.24) is 4.98 Å². The smallest absolute Gasteiger partial charge is 0.331 e. The first kappa shape index (κ1) is 17.9. The van der Waals surface area contributed by atoms with Crippen LogP contribution in [0.25, 0.3) is 28.1 Å². The Morgan fingerprint density at radius 2 is 1.88 bits per heavy atom. The highest BCUT2D eigenvalue weighted by Gasteiger charge is 2.21. The molecule has 1 aromatic heterocycles. The van der Waals surface area contributed by atoms with Gasteiger partial charge in [0, 0.05) is 28.4 Å². The number of halogens is 2. The summed E-state index contributed by atoms with van der Waals surface area (Å²) in [6.45, 7) is 4.65. The van der Waals surface area contributed by atoms with Gasteiger partial charge in [-0.1, -0.05) is 13.0 Å². The molecule has 0 amide bonds. The van der Waals surface area contributed by atoms with E-state index in [4.69, 9.17) is 0 Å². The highest BCUT2D eigenvalue weighted by Crippen LogP contribution is 2.35. The van der Waals surface area contributed by atoms with E-state index in [1.54, 1.807) is 25.3 Å². The maximum absolute atomic E-state index is 15.1. The quantitative estimate of drug-likeness (QED) is 0.598. The van der Waals surface area contributed by atoms with Gasteiger partial charge in [0.25, 0.3) is 0 Å². The number of carboxylic acid groups (broad SMARTS) is 1. The molecule has 2 aromatic carbocycles. The van der Waals surface area contributed by atoms with Crippen LogP contribution in [0.5, 0.6) is 0 Å². The topological polar surface area (TPSA) is 53.1 Å². The lowest BCUT2D eigenvalue weighted by Gasteiger charge is -2.15. The third-order valence-corrected chi connectivity index (χ3v) is 4.71. The molecule has 134 valence electrons. The van der Waals surface area contributed by atoms with Crippen LogP contribution >= 0.6 is 0 Å². The van der Waals surface area contributed by atoms with Crippen molar-refractivity contribution in [3.05, 3.63) is 64.4 Å². The van der Waals surface area contributed by atoms with E-state index in [2.05, 4.69) is 4.98 Å². The number of hydrogen-bond acceptors (Lipinski definition) is 1. The van der Waals surface area contributed by atoms with E-state index in [-0.39, 0.29) is 34.2 Å². The van der Waals surface area contributed by atoms with Crippen LogP contribution in [-0.4, -0.2) is 16.1 Å². The number of aliphatic carboxylic acids is 1. The molecule has 2 N–H and O–H groups in total. The fourth-order valence-electron chi connectivity index (χ4n) is 3.16. The third-order valence-electron chi connectivity index (χ3n) is 4.71. The molecule has 0 spiro atoms. The van der Waals surface area contributed by atoms with E-state index in [9.17, 15) is 14.3 Å². The number of hydrogen-bond donors (Lipinski definition) is 2. The first-order valence-corrected chi connectivity index (χ1v) is 8.34. The van der Waals surface area contributed by atoms with Crippen LogP contribution in [0.3, 0.4) is 0 Å². The van der Waals surface area contributed by atoms with Gasteiger partial charge < -0.3 is 10.1 Å². The van der Waals surface area contributed by atoms with E-state index in [1.807, 2.05) is 12.1 Å². The number of fused-ring (bicyclic) bond motifs is 1. The molecule has 0 fully saturated rings. The highest BCUT2D eigenvalue weighted by molar-refractivity contribution is 5.93. The minimum Gasteiger partial charge on any atom is -0.478 e. The second kappa shape index (κ2) is 6.75. The van der Waals surface area contributed by atoms with Crippen LogP contribution in [0.4, 0.5) is 8.78 Å². The Morgan fingerprint density at radius 1 is 1.15 bits per heavy atom. The van der Waals surface area contributed by atoms with Gasteiger partial charge in [0.15, 0.2) is 0 Å². The number of aromatic nitrogens is 1. The van der Waals surface area contributed by atoms with Crippen molar-refractivity contribution in [2.24, 2.45) is 0 Å². The van der Waals surface area contributed by atoms with Gasteiger partial charge in [-0.15, -0.1) is 0 Å². The Morgan fingerprint density at radius 3 is 2.54 bits per heavy atom. The van der Waals surface area contributed by atoms with Gasteiger partial charge in [0.05, 0.1) is 0 Å². The average Bonchev–Trinajstić information content (AvgIpc) is 3.08. The van der Waals surface area contributed by atoms with Crippen molar-refractivity contribution in [2.45, 2.75) is 27.2 Å². The molecular formula is C21H19F2NO2. The lowest BCUT2D eigenvalue weighted by atomic mass is 9.91. The van der Waals surface area contributed by atoms with Gasteiger partial charge in [-0.25, -0.2) is 13.6 Å². The Kier molecular flexibility index (Phi) is 4.64. The van der Waals surface area contributed by atoms with Crippen LogP contribution < -0.4 is 0 Å². The average molecular weight is 355 g/mol. The lowest BCUT2D eigenvalue weighted by Crippen LogP contribution is -2.04. The minimum atomic E-state index is -1.13. The van der Waals surface area contributed by atoms with E-state index in [0.29, 0.717) is 5.56 Å². The SMILES string of the molecule is CC/C(=C\c1c(C)c(F)c(-c2ccc3[nH]ccc3c2)c(C)c1F)C(=O)O. The van der Waals surface area contributed by atoms with Crippen molar-refractivity contribution >= 4 is 22.9 Å². The minimum absolute atomic E-state index is 0.00859. The maximum atomic E-state index is 15.1. The Bertz CT molecular complexity index is 1020.